The van der Waals surface area contributed by atoms with E-state index in [1.807, 2.05) is 62.4 Å². The number of benzene rings is 2. The van der Waals surface area contributed by atoms with Gasteiger partial charge >= 0.3 is 0 Å². The molecule has 3 aromatic rings. The number of rotatable bonds is 4. The standard InChI is InChI=1S/C19H18N2O3S/c1-3-23-14-10-8-13(9-11-14)20-19(25)21-18(22)17-12(2)15-6-4-5-7-16(15)24-17/h4-11H,3H2,1-2H3,(H2,20,21,22,25). The number of hydrogen-bond donors (Lipinski definition) is 2. The first kappa shape index (κ1) is 17.0. The van der Waals surface area contributed by atoms with Crippen molar-refractivity contribution >= 4 is 39.9 Å². The number of fused-ring (bicyclic) bond motifs is 1. The van der Waals surface area contributed by atoms with Gasteiger partial charge in [-0.25, -0.2) is 0 Å². The average Bonchev–Trinajstić information content (AvgIpc) is 2.94. The molecule has 25 heavy (non-hydrogen) atoms. The van der Waals surface area contributed by atoms with Crippen LogP contribution in [0.1, 0.15) is 23.0 Å². The molecule has 2 N–H and O–H groups in total. The average molecular weight is 354 g/mol. The van der Waals surface area contributed by atoms with Gasteiger partial charge in [-0.05, 0) is 56.4 Å². The fourth-order valence-corrected chi connectivity index (χ4v) is 2.72. The first-order valence-electron chi connectivity index (χ1n) is 7.92. The summed E-state index contributed by atoms with van der Waals surface area (Å²) in [7, 11) is 0. The van der Waals surface area contributed by atoms with Crippen LogP contribution in [-0.2, 0) is 0 Å². The molecule has 6 heteroatoms. The number of nitrogens with one attached hydrogen (secondary N) is 2. The van der Waals surface area contributed by atoms with Crippen molar-refractivity contribution in [2.75, 3.05) is 11.9 Å². The molecule has 0 spiro atoms. The lowest BCUT2D eigenvalue weighted by Crippen LogP contribution is -2.34. The molecular formula is C19H18N2O3S. The fourth-order valence-electron chi connectivity index (χ4n) is 2.51. The van der Waals surface area contributed by atoms with Gasteiger partial charge in [-0.1, -0.05) is 18.2 Å². The minimum Gasteiger partial charge on any atom is -0.494 e. The van der Waals surface area contributed by atoms with Gasteiger partial charge < -0.3 is 14.5 Å². The lowest BCUT2D eigenvalue weighted by molar-refractivity contribution is 0.0952. The minimum absolute atomic E-state index is 0.203. The first-order chi connectivity index (χ1) is 12.1. The Bertz CT molecular complexity index is 916. The van der Waals surface area contributed by atoms with E-state index in [1.54, 1.807) is 0 Å². The summed E-state index contributed by atoms with van der Waals surface area (Å²) in [4.78, 5) is 12.4. The van der Waals surface area contributed by atoms with Gasteiger partial charge in [0.2, 0.25) is 0 Å². The number of furan rings is 1. The summed E-state index contributed by atoms with van der Waals surface area (Å²) in [5.41, 5.74) is 2.22. The summed E-state index contributed by atoms with van der Waals surface area (Å²) in [5.74, 6) is 0.662. The highest BCUT2D eigenvalue weighted by atomic mass is 32.1. The Hall–Kier alpha value is -2.86. The first-order valence-corrected chi connectivity index (χ1v) is 8.32. The second-order valence-corrected chi connectivity index (χ2v) is 5.83. The summed E-state index contributed by atoms with van der Waals surface area (Å²) >= 11 is 5.20. The van der Waals surface area contributed by atoms with Crippen LogP contribution in [0.2, 0.25) is 0 Å². The number of ether oxygens (including phenoxy) is 1. The van der Waals surface area contributed by atoms with E-state index < -0.39 is 0 Å². The molecule has 1 heterocycles. The van der Waals surface area contributed by atoms with E-state index in [1.165, 1.54) is 0 Å². The highest BCUT2D eigenvalue weighted by molar-refractivity contribution is 7.80. The molecule has 3 rings (SSSR count). The third-order valence-corrected chi connectivity index (χ3v) is 3.90. The molecule has 0 atom stereocenters. The van der Waals surface area contributed by atoms with Gasteiger partial charge in [0.05, 0.1) is 6.61 Å². The van der Waals surface area contributed by atoms with Crippen molar-refractivity contribution in [2.24, 2.45) is 0 Å². The second kappa shape index (κ2) is 7.36. The molecule has 5 nitrogen and oxygen atoms in total. The zero-order valence-corrected chi connectivity index (χ0v) is 14.8. The predicted octanol–water partition coefficient (Wildman–Crippen LogP) is 4.27. The van der Waals surface area contributed by atoms with E-state index in [9.17, 15) is 4.79 Å². The van der Waals surface area contributed by atoms with Crippen LogP contribution in [-0.4, -0.2) is 17.6 Å². The molecule has 0 aliphatic heterocycles. The third kappa shape index (κ3) is 3.80. The van der Waals surface area contributed by atoms with E-state index >= 15 is 0 Å². The van der Waals surface area contributed by atoms with Crippen LogP contribution in [0.3, 0.4) is 0 Å². The zero-order valence-electron chi connectivity index (χ0n) is 14.0. The molecular weight excluding hydrogens is 336 g/mol. The molecule has 0 fully saturated rings. The van der Waals surface area contributed by atoms with Crippen LogP contribution < -0.4 is 15.4 Å². The number of amides is 1. The Morgan fingerprint density at radius 3 is 2.56 bits per heavy atom. The number of para-hydroxylation sites is 1. The molecule has 128 valence electrons. The monoisotopic (exact) mass is 354 g/mol. The molecule has 2 aromatic carbocycles. The van der Waals surface area contributed by atoms with Crippen LogP contribution in [0, 0.1) is 6.92 Å². The van der Waals surface area contributed by atoms with E-state index in [0.29, 0.717) is 12.2 Å². The number of carbonyl (C=O) groups is 1. The molecule has 1 amide bonds. The van der Waals surface area contributed by atoms with Crippen molar-refractivity contribution in [3.05, 3.63) is 59.9 Å². The van der Waals surface area contributed by atoms with Gasteiger partial charge in [-0.15, -0.1) is 0 Å². The molecule has 0 radical (unpaired) electrons. The number of hydrogen-bond acceptors (Lipinski definition) is 4. The lowest BCUT2D eigenvalue weighted by Gasteiger charge is -2.10. The maximum atomic E-state index is 12.4. The molecule has 0 saturated carbocycles. The highest BCUT2D eigenvalue weighted by Gasteiger charge is 2.18. The summed E-state index contributed by atoms with van der Waals surface area (Å²) < 4.78 is 11.0. The van der Waals surface area contributed by atoms with Crippen molar-refractivity contribution in [2.45, 2.75) is 13.8 Å². The third-order valence-electron chi connectivity index (χ3n) is 3.70. The van der Waals surface area contributed by atoms with Crippen molar-refractivity contribution in [3.63, 3.8) is 0 Å². The minimum atomic E-state index is -0.378. The van der Waals surface area contributed by atoms with Gasteiger partial charge in [0.25, 0.3) is 5.91 Å². The largest absolute Gasteiger partial charge is 0.494 e. The summed E-state index contributed by atoms with van der Waals surface area (Å²) in [6.45, 7) is 4.39. The number of aryl methyl sites for hydroxylation is 1. The second-order valence-electron chi connectivity index (χ2n) is 5.42. The topological polar surface area (TPSA) is 63.5 Å². The van der Waals surface area contributed by atoms with Gasteiger partial charge in [0.15, 0.2) is 10.9 Å². The predicted molar refractivity (Wildman–Crippen MR) is 102 cm³/mol. The Morgan fingerprint density at radius 1 is 1.16 bits per heavy atom. The lowest BCUT2D eigenvalue weighted by atomic mass is 10.1. The Morgan fingerprint density at radius 2 is 1.88 bits per heavy atom. The van der Waals surface area contributed by atoms with E-state index in [2.05, 4.69) is 10.6 Å². The van der Waals surface area contributed by atoms with Gasteiger partial charge in [0.1, 0.15) is 11.3 Å². The Kier molecular flexibility index (Phi) is 5.00. The van der Waals surface area contributed by atoms with Crippen LogP contribution in [0.15, 0.2) is 52.9 Å². The van der Waals surface area contributed by atoms with E-state index in [0.717, 1.165) is 22.4 Å². The molecule has 0 aliphatic carbocycles. The molecule has 0 unspecified atom stereocenters. The molecule has 0 aliphatic rings. The summed E-state index contributed by atoms with van der Waals surface area (Å²) in [6, 6.07) is 14.8. The molecule has 0 bridgehead atoms. The van der Waals surface area contributed by atoms with E-state index in [-0.39, 0.29) is 16.8 Å². The number of carbonyl (C=O) groups excluding carboxylic acids is 1. The Balaban J connectivity index is 1.67. The molecule has 0 saturated heterocycles. The van der Waals surface area contributed by atoms with Crippen molar-refractivity contribution in [1.82, 2.24) is 5.32 Å². The normalized spacial score (nSPS) is 10.5. The zero-order chi connectivity index (χ0) is 17.8. The highest BCUT2D eigenvalue weighted by Crippen LogP contribution is 2.24. The van der Waals surface area contributed by atoms with Gasteiger partial charge in [-0.3, -0.25) is 10.1 Å². The van der Waals surface area contributed by atoms with Crippen molar-refractivity contribution < 1.29 is 13.9 Å². The number of thiocarbonyl (C=S) groups is 1. The van der Waals surface area contributed by atoms with Crippen LogP contribution in [0.5, 0.6) is 5.75 Å². The smallest absolute Gasteiger partial charge is 0.293 e. The van der Waals surface area contributed by atoms with Gasteiger partial charge in [0, 0.05) is 16.6 Å². The van der Waals surface area contributed by atoms with Crippen molar-refractivity contribution in [1.29, 1.82) is 0 Å². The SMILES string of the molecule is CCOc1ccc(NC(=S)NC(=O)c2oc3ccccc3c2C)cc1. The van der Waals surface area contributed by atoms with E-state index in [4.69, 9.17) is 21.4 Å². The summed E-state index contributed by atoms with van der Waals surface area (Å²) in [5, 5.41) is 6.73. The van der Waals surface area contributed by atoms with Crippen LogP contribution in [0.4, 0.5) is 5.69 Å². The summed E-state index contributed by atoms with van der Waals surface area (Å²) in [6.07, 6.45) is 0. The number of anilines is 1. The Labute approximate surface area is 151 Å². The van der Waals surface area contributed by atoms with Crippen molar-refractivity contribution in [3.8, 4) is 5.75 Å². The molecule has 1 aromatic heterocycles. The van der Waals surface area contributed by atoms with Crippen LogP contribution in [0.25, 0.3) is 11.0 Å². The quantitative estimate of drug-likeness (QED) is 0.685. The van der Waals surface area contributed by atoms with Crippen LogP contribution >= 0.6 is 12.2 Å². The maximum Gasteiger partial charge on any atom is 0.293 e. The van der Waals surface area contributed by atoms with Gasteiger partial charge in [-0.2, -0.15) is 0 Å². The fraction of sp³-hybridized carbons (Fsp3) is 0.158. The maximum absolute atomic E-state index is 12.4.